The first-order valence-electron chi connectivity index (χ1n) is 42.0. The molecule has 9 aromatic carbocycles. The number of allylic oxidation sites excluding steroid dienone is 2. The monoisotopic (exact) mass is 1600 g/mol. The Hall–Kier alpha value is -11.1. The highest BCUT2D eigenvalue weighted by Gasteiger charge is 1.99. The third-order valence-corrected chi connectivity index (χ3v) is 14.4. The average molecular weight is 1600 g/mol. The van der Waals surface area contributed by atoms with Gasteiger partial charge in [0.1, 0.15) is 23.1 Å². The van der Waals surface area contributed by atoms with Crippen molar-refractivity contribution >= 4 is 57.4 Å². The fourth-order valence-electron chi connectivity index (χ4n) is 8.96. The molecule has 0 aliphatic rings. The van der Waals surface area contributed by atoms with Gasteiger partial charge in [0.2, 0.25) is 0 Å². The molecule has 0 radical (unpaired) electrons. The Balaban J connectivity index is -0.000000227. The maximum absolute atomic E-state index is 10.7. The first-order chi connectivity index (χ1) is 56.6. The molecule has 0 aliphatic heterocycles. The van der Waals surface area contributed by atoms with E-state index in [4.69, 9.17) is 4.42 Å². The Kier molecular flexibility index (Phi) is 89.0. The van der Waals surface area contributed by atoms with Gasteiger partial charge in [-0.15, -0.1) is 0 Å². The van der Waals surface area contributed by atoms with Gasteiger partial charge in [0.05, 0.1) is 12.5 Å². The molecule has 7 nitrogen and oxygen atoms in total. The largest absolute Gasteiger partial charge is 0.473 e. The van der Waals surface area contributed by atoms with E-state index in [2.05, 4.69) is 243 Å². The Labute approximate surface area is 719 Å². The molecule has 8 heteroatoms. The molecule has 0 saturated carbocycles. The van der Waals surface area contributed by atoms with Crippen molar-refractivity contribution in [3.05, 3.63) is 398 Å². The number of benzene rings is 9. The fraction of sp³-hybridized carbons (Fsp3) is 0.303. The van der Waals surface area contributed by atoms with Crippen LogP contribution >= 0.6 is 11.3 Å². The number of aromatic nitrogens is 4. The number of thiophene rings is 1. The minimum absolute atomic E-state index is 0. The number of hydrogen-bond acceptors (Lipinski definition) is 7. The van der Waals surface area contributed by atoms with Gasteiger partial charge in [0, 0.05) is 30.9 Å². The van der Waals surface area contributed by atoms with Gasteiger partial charge in [-0.3, -0.25) is 0 Å². The molecule has 0 fully saturated rings. The van der Waals surface area contributed by atoms with Crippen LogP contribution in [0.5, 0.6) is 0 Å². The number of aryl methyl sites for hydroxylation is 10. The van der Waals surface area contributed by atoms with Crippen LogP contribution in [0.2, 0.25) is 0 Å². The van der Waals surface area contributed by atoms with Crippen molar-refractivity contribution < 1.29 is 8.83 Å². The molecule has 0 atom stereocenters. The van der Waals surface area contributed by atoms with E-state index in [1.165, 1.54) is 83.6 Å². The number of furan rings is 1. The van der Waals surface area contributed by atoms with Gasteiger partial charge in [-0.05, 0) is 179 Å². The Morgan fingerprint density at radius 2 is 0.615 bits per heavy atom. The summed E-state index contributed by atoms with van der Waals surface area (Å²) in [5.74, 6) is 2.38. The lowest BCUT2D eigenvalue weighted by atomic mass is 10.0. The van der Waals surface area contributed by atoms with Gasteiger partial charge >= 0.3 is 5.63 Å². The molecule has 117 heavy (non-hydrogen) atoms. The number of para-hydroxylation sites is 1. The Bertz CT molecular complexity index is 4160. The molecule has 0 spiro atoms. The number of rotatable bonds is 5. The van der Waals surface area contributed by atoms with Gasteiger partial charge in [-0.1, -0.05) is 429 Å². The molecule has 0 saturated heterocycles. The lowest BCUT2D eigenvalue weighted by Gasteiger charge is -2.04. The zero-order valence-electron chi connectivity index (χ0n) is 77.8. The van der Waals surface area contributed by atoms with Crippen molar-refractivity contribution in [1.82, 2.24) is 19.5 Å². The van der Waals surface area contributed by atoms with Crippen LogP contribution in [0.3, 0.4) is 0 Å². The third-order valence-electron chi connectivity index (χ3n) is 13.8. The van der Waals surface area contributed by atoms with E-state index in [0.29, 0.717) is 5.58 Å². The summed E-state index contributed by atoms with van der Waals surface area (Å²) in [6, 6.07) is 90.0. The average Bonchev–Trinajstić information content (AvgIpc) is 1.04. The van der Waals surface area contributed by atoms with Gasteiger partial charge in [-0.25, -0.2) is 19.7 Å². The van der Waals surface area contributed by atoms with Crippen LogP contribution in [0.4, 0.5) is 0 Å². The third kappa shape index (κ3) is 62.9. The van der Waals surface area contributed by atoms with E-state index in [1.54, 1.807) is 36.0 Å². The second-order valence-electron chi connectivity index (χ2n) is 22.2. The molecule has 14 aromatic rings. The second kappa shape index (κ2) is 87.3. The molecule has 5 heterocycles. The van der Waals surface area contributed by atoms with Gasteiger partial charge < -0.3 is 13.4 Å². The number of hydrogen-bond donors (Lipinski definition) is 0. The summed E-state index contributed by atoms with van der Waals surface area (Å²) in [5, 5.41) is 7.78. The predicted octanol–water partition coefficient (Wildman–Crippen LogP) is 34.9. The topological polar surface area (TPSA) is 87.0 Å². The molecule has 0 bridgehead atoms. The van der Waals surface area contributed by atoms with Crippen molar-refractivity contribution in [1.29, 1.82) is 0 Å². The summed E-state index contributed by atoms with van der Waals surface area (Å²) in [6.45, 7) is 62.4. The van der Waals surface area contributed by atoms with Crippen molar-refractivity contribution in [3.8, 4) is 11.1 Å². The zero-order valence-corrected chi connectivity index (χ0v) is 78.6. The van der Waals surface area contributed by atoms with Crippen LogP contribution in [0.1, 0.15) is 233 Å². The summed E-state index contributed by atoms with van der Waals surface area (Å²) < 4.78 is 11.5. The van der Waals surface area contributed by atoms with Crippen LogP contribution in [0.25, 0.3) is 57.2 Å². The minimum atomic E-state index is -0.302. The second-order valence-corrected chi connectivity index (χ2v) is 23.0. The van der Waals surface area contributed by atoms with Crippen molar-refractivity contribution in [2.24, 2.45) is 7.05 Å². The van der Waals surface area contributed by atoms with Crippen molar-refractivity contribution in [2.75, 3.05) is 0 Å². The predicted molar refractivity (Wildman–Crippen MR) is 534 cm³/mol. The van der Waals surface area contributed by atoms with E-state index < -0.39 is 0 Å². The molecule has 0 unspecified atom stereocenters. The van der Waals surface area contributed by atoms with Crippen LogP contribution < -0.4 is 5.63 Å². The molecule has 0 aliphatic carbocycles. The smallest absolute Gasteiger partial charge is 0.336 e. The normalized spacial score (nSPS) is 8.72. The molecular weight excluding hydrogens is 1450 g/mol. The molecule has 5 aromatic heterocycles. The highest BCUT2D eigenvalue weighted by molar-refractivity contribution is 7.07. The van der Waals surface area contributed by atoms with E-state index in [-0.39, 0.29) is 13.1 Å². The van der Waals surface area contributed by atoms with E-state index >= 15 is 0 Å². The summed E-state index contributed by atoms with van der Waals surface area (Å²) in [4.78, 5) is 22.8. The molecule has 14 rings (SSSR count). The number of nitrogens with zero attached hydrogens (tertiary/aromatic N) is 4. The standard InChI is InChI=1S/C14H14.C14H12.C12H12.C12H14.C9H6O2.C8H10.C6H9N3.C5H7N.C4H4O.C4H4S.10C2H6.CH4/c1-11-3-7-13(8-4-11)14-9-5-12(2)6-10-14;1-3-7-13(8-4-1)11-12-14-9-5-2-6-10-14;1-9-5-3-7-11-8-4-6-10(2)12(9)11;1-3-5-11-7-9-12(6-4-2)10-8-11;10-9-6-5-7-3-1-2-4-8(7)11-9;1-7-3-5-8(2)6-4-7;1-4-7-5(2)9-6(3)8-4;1-6-4-2-3-5-6;2*1-2-4-5-3-1;10*1-2;/h3-10H,1-2H3;1-12H;3-8H,1-2H3;3-10H,1-2H3;1-6H;3-6H,1-2H3;1-3H3;2-5H,1H3;2*1-4H;10*1-2H3;1H4. The van der Waals surface area contributed by atoms with Crippen LogP contribution in [0, 0.1) is 62.3 Å². The van der Waals surface area contributed by atoms with Crippen molar-refractivity contribution in [3.63, 3.8) is 0 Å². The molecule has 0 amide bonds. The summed E-state index contributed by atoms with van der Waals surface area (Å²) in [7, 11) is 2.00. The van der Waals surface area contributed by atoms with Gasteiger partial charge in [0.25, 0.3) is 0 Å². The first kappa shape index (κ1) is 119. The Morgan fingerprint density at radius 1 is 0.308 bits per heavy atom. The summed E-state index contributed by atoms with van der Waals surface area (Å²) >= 11 is 1.71. The zero-order chi connectivity index (χ0) is 89.0. The van der Waals surface area contributed by atoms with Gasteiger partial charge in [0.15, 0.2) is 0 Å². The SMILES string of the molecule is C.C(=Cc1ccccc1)c1ccccc1.CC.CC.CC.CC.CC.CC.CC.CC.CC.CC.CC=Cc1ccc(C=CC)cc1.Cc1ccc(-c2ccc(C)cc2)cc1.Cc1ccc(C)cc1.Cc1cccc2cccc(C)c12.Cc1nc(C)nc(C)n1.Cn1cccc1.O=c1ccc2ccccc2o1.c1ccoc1.c1ccsc1. The van der Waals surface area contributed by atoms with Crippen LogP contribution in [-0.2, 0) is 7.05 Å². The lowest BCUT2D eigenvalue weighted by Crippen LogP contribution is -1.97. The summed E-state index contributed by atoms with van der Waals surface area (Å²) in [5.41, 5.74) is 15.9. The van der Waals surface area contributed by atoms with Crippen LogP contribution in [-0.4, -0.2) is 19.5 Å². The maximum Gasteiger partial charge on any atom is 0.336 e. The van der Waals surface area contributed by atoms with E-state index in [1.807, 2.05) is 311 Å². The quantitative estimate of drug-likeness (QED) is 0.126. The van der Waals surface area contributed by atoms with Gasteiger partial charge in [-0.2, -0.15) is 11.3 Å². The Morgan fingerprint density at radius 3 is 0.897 bits per heavy atom. The lowest BCUT2D eigenvalue weighted by molar-refractivity contribution is 0.561. The van der Waals surface area contributed by atoms with Crippen molar-refractivity contribution in [2.45, 2.75) is 222 Å². The highest BCUT2D eigenvalue weighted by atomic mass is 32.1. The maximum atomic E-state index is 10.7. The highest BCUT2D eigenvalue weighted by Crippen LogP contribution is 2.22. The molecule has 636 valence electrons. The van der Waals surface area contributed by atoms with E-state index in [9.17, 15) is 4.79 Å². The summed E-state index contributed by atoms with van der Waals surface area (Å²) in [6.07, 6.45) is 19.8. The number of fused-ring (bicyclic) bond motifs is 2. The first-order valence-corrected chi connectivity index (χ1v) is 42.9. The van der Waals surface area contributed by atoms with Crippen LogP contribution in [0.15, 0.2) is 328 Å². The minimum Gasteiger partial charge on any atom is -0.473 e. The van der Waals surface area contributed by atoms with E-state index in [0.717, 1.165) is 22.9 Å². The fourth-order valence-corrected chi connectivity index (χ4v) is 9.42. The molecule has 0 N–H and O–H groups in total. The molecular formula is C109H156N4O3S.